The van der Waals surface area contributed by atoms with Crippen LogP contribution in [0.3, 0.4) is 0 Å². The molecule has 0 unspecified atom stereocenters. The van der Waals surface area contributed by atoms with Gasteiger partial charge in [0.2, 0.25) is 0 Å². The van der Waals surface area contributed by atoms with Gasteiger partial charge in [0.1, 0.15) is 5.82 Å². The molecule has 0 radical (unpaired) electrons. The maximum absolute atomic E-state index is 12.9. The predicted molar refractivity (Wildman–Crippen MR) is 70.9 cm³/mol. The lowest BCUT2D eigenvalue weighted by molar-refractivity contribution is 0.190. The first-order chi connectivity index (χ1) is 8.57. The zero-order chi connectivity index (χ0) is 13.0. The van der Waals surface area contributed by atoms with Gasteiger partial charge < -0.3 is 9.31 Å². The van der Waals surface area contributed by atoms with Crippen molar-refractivity contribution in [1.29, 1.82) is 0 Å². The Morgan fingerprint density at radius 3 is 2.61 bits per heavy atom. The van der Waals surface area contributed by atoms with Crippen LogP contribution >= 0.6 is 0 Å². The first-order valence-corrected chi connectivity index (χ1v) is 5.94. The third kappa shape index (κ3) is 3.47. The number of allylic oxidation sites excluding steroid dienone is 2. The van der Waals surface area contributed by atoms with Crippen molar-refractivity contribution in [2.45, 2.75) is 13.8 Å². The predicted octanol–water partition coefficient (Wildman–Crippen LogP) is 2.66. The minimum atomic E-state index is -0.499. The van der Waals surface area contributed by atoms with Crippen molar-refractivity contribution in [3.8, 4) is 0 Å². The van der Waals surface area contributed by atoms with E-state index in [2.05, 4.69) is 19.9 Å². The summed E-state index contributed by atoms with van der Waals surface area (Å²) in [5.74, 6) is -0.264. The van der Waals surface area contributed by atoms with Gasteiger partial charge in [-0.15, -0.1) is 0 Å². The minimum absolute atomic E-state index is 0.0592. The van der Waals surface area contributed by atoms with Crippen LogP contribution in [0.15, 0.2) is 48.8 Å². The van der Waals surface area contributed by atoms with Crippen molar-refractivity contribution in [3.05, 3.63) is 54.6 Å². The van der Waals surface area contributed by atoms with Gasteiger partial charge in [-0.05, 0) is 23.7 Å². The monoisotopic (exact) mass is 246 g/mol. The third-order valence-corrected chi connectivity index (χ3v) is 2.69. The molecule has 1 aromatic rings. The molecule has 0 spiro atoms. The van der Waals surface area contributed by atoms with Crippen LogP contribution in [0.1, 0.15) is 13.8 Å². The Hall–Kier alpha value is -1.55. The summed E-state index contributed by atoms with van der Waals surface area (Å²) in [5, 5.41) is 0. The van der Waals surface area contributed by atoms with E-state index in [1.165, 1.54) is 12.1 Å². The van der Waals surface area contributed by atoms with E-state index in [0.717, 1.165) is 5.46 Å². The lowest BCUT2D eigenvalue weighted by Gasteiger charge is -2.22. The number of rotatable bonds is 1. The lowest BCUT2D eigenvalue weighted by Crippen LogP contribution is -2.38. The molecule has 0 saturated carbocycles. The summed E-state index contributed by atoms with van der Waals surface area (Å²) in [6.07, 6.45) is 7.43. The minimum Gasteiger partial charge on any atom is -0.538 e. The van der Waals surface area contributed by atoms with Crippen LogP contribution in [-0.2, 0) is 9.31 Å². The number of halogens is 1. The summed E-state index contributed by atoms with van der Waals surface area (Å²) in [7, 11) is -0.499. The maximum Gasteiger partial charge on any atom is 0.562 e. The van der Waals surface area contributed by atoms with Gasteiger partial charge in [0.15, 0.2) is 0 Å². The van der Waals surface area contributed by atoms with Gasteiger partial charge in [0.05, 0.1) is 6.26 Å². The van der Waals surface area contributed by atoms with Gasteiger partial charge in [-0.3, -0.25) is 0 Å². The summed E-state index contributed by atoms with van der Waals surface area (Å²) in [4.78, 5) is 0. The molecule has 1 aliphatic rings. The van der Waals surface area contributed by atoms with Crippen LogP contribution in [0.4, 0.5) is 4.39 Å². The van der Waals surface area contributed by atoms with Crippen molar-refractivity contribution < 1.29 is 13.7 Å². The highest BCUT2D eigenvalue weighted by molar-refractivity contribution is 6.61. The highest BCUT2D eigenvalue weighted by Crippen LogP contribution is 2.19. The van der Waals surface area contributed by atoms with Gasteiger partial charge in [0.25, 0.3) is 0 Å². The average Bonchev–Trinajstić information content (AvgIpc) is 2.41. The second kappa shape index (κ2) is 5.40. The summed E-state index contributed by atoms with van der Waals surface area (Å²) in [6.45, 7) is 4.71. The molecule has 0 aromatic heterocycles. The normalized spacial score (nSPS) is 22.3. The Morgan fingerprint density at radius 1 is 1.17 bits per heavy atom. The topological polar surface area (TPSA) is 18.5 Å². The van der Waals surface area contributed by atoms with E-state index >= 15 is 0 Å². The van der Waals surface area contributed by atoms with E-state index in [1.807, 2.05) is 12.2 Å². The van der Waals surface area contributed by atoms with Crippen molar-refractivity contribution in [1.82, 2.24) is 0 Å². The van der Waals surface area contributed by atoms with Crippen molar-refractivity contribution >= 4 is 12.6 Å². The Kier molecular flexibility index (Phi) is 3.87. The molecule has 0 aliphatic carbocycles. The number of benzene rings is 1. The van der Waals surface area contributed by atoms with Gasteiger partial charge in [-0.25, -0.2) is 4.39 Å². The Morgan fingerprint density at radius 2 is 1.89 bits per heavy atom. The van der Waals surface area contributed by atoms with E-state index in [1.54, 1.807) is 18.4 Å². The molecular formula is C14H16BFO2. The van der Waals surface area contributed by atoms with Crippen LogP contribution in [0.2, 0.25) is 0 Å². The largest absolute Gasteiger partial charge is 0.562 e. The molecule has 1 heterocycles. The average molecular weight is 246 g/mol. The molecule has 1 aromatic carbocycles. The molecule has 0 fully saturated rings. The van der Waals surface area contributed by atoms with Gasteiger partial charge >= 0.3 is 7.12 Å². The molecule has 0 atom stereocenters. The van der Waals surface area contributed by atoms with Crippen LogP contribution in [0, 0.1) is 11.2 Å². The van der Waals surface area contributed by atoms with Crippen LogP contribution < -0.4 is 5.46 Å². The van der Waals surface area contributed by atoms with Crippen molar-refractivity contribution in [2.24, 2.45) is 5.41 Å². The smallest absolute Gasteiger partial charge is 0.538 e. The second-order valence-electron chi connectivity index (χ2n) is 5.01. The Balaban J connectivity index is 2.15. The van der Waals surface area contributed by atoms with E-state index < -0.39 is 7.12 Å². The quantitative estimate of drug-likeness (QED) is 0.709. The standard InChI is InChI=1S/C14H16BFO2/c1-14(2)9-3-4-10-17-15(18-11-14)12-5-7-13(16)8-6-12/h3-10H,11H2,1-2H3/b9-3-,10-4-. The molecule has 2 rings (SSSR count). The van der Waals surface area contributed by atoms with Crippen LogP contribution in [0.25, 0.3) is 0 Å². The summed E-state index contributed by atoms with van der Waals surface area (Å²) < 4.78 is 24.1. The third-order valence-electron chi connectivity index (χ3n) is 2.69. The summed E-state index contributed by atoms with van der Waals surface area (Å²) >= 11 is 0. The Bertz CT molecular complexity index is 451. The molecule has 0 bridgehead atoms. The molecule has 18 heavy (non-hydrogen) atoms. The fraction of sp³-hybridized carbons (Fsp3) is 0.286. The first kappa shape index (κ1) is 12.9. The van der Waals surface area contributed by atoms with Gasteiger partial charge in [-0.1, -0.05) is 38.1 Å². The second-order valence-corrected chi connectivity index (χ2v) is 5.01. The molecule has 0 saturated heterocycles. The maximum atomic E-state index is 12.9. The first-order valence-electron chi connectivity index (χ1n) is 5.94. The highest BCUT2D eigenvalue weighted by Gasteiger charge is 2.26. The van der Waals surface area contributed by atoms with Crippen LogP contribution in [-0.4, -0.2) is 13.7 Å². The molecule has 94 valence electrons. The van der Waals surface area contributed by atoms with E-state index in [0.29, 0.717) is 6.61 Å². The number of hydrogen-bond acceptors (Lipinski definition) is 2. The fourth-order valence-electron chi connectivity index (χ4n) is 1.65. The summed E-state index contributed by atoms with van der Waals surface area (Å²) in [5.41, 5.74) is 0.745. The molecule has 2 nitrogen and oxygen atoms in total. The summed E-state index contributed by atoms with van der Waals surface area (Å²) in [6, 6.07) is 6.15. The molecule has 1 aliphatic heterocycles. The van der Waals surface area contributed by atoms with E-state index in [4.69, 9.17) is 9.31 Å². The zero-order valence-corrected chi connectivity index (χ0v) is 10.6. The van der Waals surface area contributed by atoms with Crippen molar-refractivity contribution in [3.63, 3.8) is 0 Å². The van der Waals surface area contributed by atoms with Crippen molar-refractivity contribution in [2.75, 3.05) is 6.61 Å². The van der Waals surface area contributed by atoms with Gasteiger partial charge in [0, 0.05) is 12.0 Å². The lowest BCUT2D eigenvalue weighted by atomic mass is 9.78. The van der Waals surface area contributed by atoms with E-state index in [9.17, 15) is 4.39 Å². The molecule has 0 N–H and O–H groups in total. The number of hydrogen-bond donors (Lipinski definition) is 0. The SMILES string of the molecule is CC1(C)/C=C\C=C/OB(c2ccc(F)cc2)OC1. The molecular weight excluding hydrogens is 230 g/mol. The fourth-order valence-corrected chi connectivity index (χ4v) is 1.65. The molecule has 4 heteroatoms. The van der Waals surface area contributed by atoms with E-state index in [-0.39, 0.29) is 11.2 Å². The van der Waals surface area contributed by atoms with Crippen LogP contribution in [0.5, 0.6) is 0 Å². The highest BCUT2D eigenvalue weighted by atomic mass is 19.1. The zero-order valence-electron chi connectivity index (χ0n) is 10.6. The van der Waals surface area contributed by atoms with Gasteiger partial charge in [-0.2, -0.15) is 0 Å². The molecule has 0 amide bonds. The Labute approximate surface area is 107 Å².